The third-order valence-electron chi connectivity index (χ3n) is 2.02. The molecule has 88 valence electrons. The molecule has 5 nitrogen and oxygen atoms in total. The molecule has 1 aromatic heterocycles. The highest BCUT2D eigenvalue weighted by molar-refractivity contribution is 9.10. The molecule has 7 heteroatoms. The number of nitrogens with one attached hydrogen (secondary N) is 1. The molecule has 2 rings (SSSR count). The summed E-state index contributed by atoms with van der Waals surface area (Å²) in [5, 5.41) is 7.21. The van der Waals surface area contributed by atoms with E-state index in [1.807, 2.05) is 24.5 Å². The fourth-order valence-electron chi connectivity index (χ4n) is 1.21. The molecule has 0 atom stereocenters. The molecule has 0 saturated heterocycles. The maximum Gasteiger partial charge on any atom is 0.270 e. The summed E-state index contributed by atoms with van der Waals surface area (Å²) in [6.45, 7) is 0. The standard InChI is InChI=1S/C10H9BrN4OS/c1-17-10-12-9(13-14-10)15(11)8(16)7-5-3-2-4-6-7/h2-6H,1H3,(H,12,13,14). The zero-order valence-corrected chi connectivity index (χ0v) is 11.3. The second-order valence-electron chi connectivity index (χ2n) is 3.10. The van der Waals surface area contributed by atoms with Crippen molar-refractivity contribution in [2.45, 2.75) is 5.16 Å². The number of hydrogen-bond acceptors (Lipinski definition) is 4. The first kappa shape index (κ1) is 12.1. The summed E-state index contributed by atoms with van der Waals surface area (Å²) in [5.41, 5.74) is 0.575. The van der Waals surface area contributed by atoms with Gasteiger partial charge >= 0.3 is 0 Å². The van der Waals surface area contributed by atoms with Crippen molar-refractivity contribution >= 4 is 39.8 Å². The van der Waals surface area contributed by atoms with E-state index in [-0.39, 0.29) is 5.91 Å². The van der Waals surface area contributed by atoms with Crippen molar-refractivity contribution in [3.63, 3.8) is 0 Å². The Balaban J connectivity index is 2.20. The first-order valence-corrected chi connectivity index (χ1v) is 6.67. The van der Waals surface area contributed by atoms with E-state index in [1.54, 1.807) is 12.1 Å². The maximum absolute atomic E-state index is 12.0. The van der Waals surface area contributed by atoms with Crippen LogP contribution in [-0.4, -0.2) is 27.3 Å². The number of rotatable bonds is 3. The number of nitrogens with zero attached hydrogens (tertiary/aromatic N) is 3. The zero-order valence-electron chi connectivity index (χ0n) is 8.92. The van der Waals surface area contributed by atoms with Crippen LogP contribution in [0.2, 0.25) is 0 Å². The Kier molecular flexibility index (Phi) is 3.80. The Morgan fingerprint density at radius 2 is 2.12 bits per heavy atom. The first-order valence-electron chi connectivity index (χ1n) is 4.74. The number of thioether (sulfide) groups is 1. The fourth-order valence-corrected chi connectivity index (χ4v) is 1.89. The highest BCUT2D eigenvalue weighted by Gasteiger charge is 2.18. The number of H-pyrrole nitrogens is 1. The highest BCUT2D eigenvalue weighted by Crippen LogP contribution is 2.18. The van der Waals surface area contributed by atoms with Crippen molar-refractivity contribution < 1.29 is 4.79 Å². The van der Waals surface area contributed by atoms with Gasteiger partial charge in [-0.1, -0.05) is 30.0 Å². The van der Waals surface area contributed by atoms with Crippen molar-refractivity contribution in [3.8, 4) is 0 Å². The second-order valence-corrected chi connectivity index (χ2v) is 4.58. The zero-order chi connectivity index (χ0) is 12.3. The monoisotopic (exact) mass is 312 g/mol. The number of anilines is 1. The molecule has 0 fully saturated rings. The van der Waals surface area contributed by atoms with Crippen molar-refractivity contribution in [2.75, 3.05) is 10.2 Å². The molecule has 1 aromatic carbocycles. The largest absolute Gasteiger partial charge is 0.270 e. The molecular weight excluding hydrogens is 304 g/mol. The molecule has 17 heavy (non-hydrogen) atoms. The van der Waals surface area contributed by atoms with Crippen LogP contribution in [0.15, 0.2) is 35.5 Å². The summed E-state index contributed by atoms with van der Waals surface area (Å²) >= 11 is 4.57. The first-order chi connectivity index (χ1) is 8.22. The molecule has 1 N–H and O–H groups in total. The summed E-state index contributed by atoms with van der Waals surface area (Å²) in [5.74, 6) is 0.164. The predicted octanol–water partition coefficient (Wildman–Crippen LogP) is 2.48. The molecule has 0 bridgehead atoms. The lowest BCUT2D eigenvalue weighted by atomic mass is 10.2. The molecule has 2 aromatic rings. The van der Waals surface area contributed by atoms with Crippen LogP contribution >= 0.6 is 27.9 Å². The molecule has 0 aliphatic carbocycles. The van der Waals surface area contributed by atoms with E-state index in [2.05, 4.69) is 31.3 Å². The number of carbonyl (C=O) groups excluding carboxylic acids is 1. The summed E-state index contributed by atoms with van der Waals surface area (Å²) in [7, 11) is 0. The van der Waals surface area contributed by atoms with E-state index in [0.29, 0.717) is 16.7 Å². The van der Waals surface area contributed by atoms with E-state index in [4.69, 9.17) is 0 Å². The topological polar surface area (TPSA) is 61.9 Å². The molecule has 0 radical (unpaired) electrons. The molecular formula is C10H9BrN4OS. The molecule has 0 aliphatic rings. The lowest BCUT2D eigenvalue weighted by Gasteiger charge is -2.09. The third kappa shape index (κ3) is 2.67. The Morgan fingerprint density at radius 3 is 2.71 bits per heavy atom. The average molecular weight is 313 g/mol. The summed E-state index contributed by atoms with van der Waals surface area (Å²) in [4.78, 5) is 16.2. The minimum Gasteiger partial charge on any atom is -0.268 e. The van der Waals surface area contributed by atoms with E-state index in [0.717, 1.165) is 0 Å². The van der Waals surface area contributed by atoms with Gasteiger partial charge in [-0.3, -0.25) is 4.79 Å². The van der Waals surface area contributed by atoms with E-state index < -0.39 is 0 Å². The van der Waals surface area contributed by atoms with Crippen LogP contribution < -0.4 is 3.93 Å². The Bertz CT molecular complexity index is 516. The maximum atomic E-state index is 12.0. The minimum absolute atomic E-state index is 0.200. The molecule has 0 unspecified atom stereocenters. The quantitative estimate of drug-likeness (QED) is 0.698. The van der Waals surface area contributed by atoms with Gasteiger partial charge in [-0.05, 0) is 18.4 Å². The van der Waals surface area contributed by atoms with Gasteiger partial charge in [0.2, 0.25) is 11.1 Å². The van der Waals surface area contributed by atoms with Crippen molar-refractivity contribution in [1.82, 2.24) is 15.2 Å². The summed E-state index contributed by atoms with van der Waals surface area (Å²) in [6.07, 6.45) is 1.87. The lowest BCUT2D eigenvalue weighted by Crippen LogP contribution is -2.21. The van der Waals surface area contributed by atoms with Crippen molar-refractivity contribution in [2.24, 2.45) is 0 Å². The summed E-state index contributed by atoms with van der Waals surface area (Å²) < 4.78 is 1.26. The third-order valence-corrected chi connectivity index (χ3v) is 3.23. The smallest absolute Gasteiger partial charge is 0.268 e. The summed E-state index contributed by atoms with van der Waals surface area (Å²) in [6, 6.07) is 8.95. The van der Waals surface area contributed by atoms with E-state index >= 15 is 0 Å². The Morgan fingerprint density at radius 1 is 1.41 bits per heavy atom. The molecule has 1 amide bonds. The SMILES string of the molecule is CSc1n[nH]c(N(Br)C(=O)c2ccccc2)n1. The number of halogens is 1. The van der Waals surface area contributed by atoms with Gasteiger partial charge in [-0.15, -0.1) is 5.10 Å². The molecule has 0 spiro atoms. The Hall–Kier alpha value is -1.34. The van der Waals surface area contributed by atoms with Gasteiger partial charge < -0.3 is 0 Å². The minimum atomic E-state index is -0.200. The van der Waals surface area contributed by atoms with Crippen LogP contribution in [0.5, 0.6) is 0 Å². The number of carbonyl (C=O) groups is 1. The molecule has 0 aliphatic heterocycles. The van der Waals surface area contributed by atoms with Gasteiger partial charge in [0.1, 0.15) is 0 Å². The van der Waals surface area contributed by atoms with Crippen LogP contribution in [0.1, 0.15) is 10.4 Å². The predicted molar refractivity (Wildman–Crippen MR) is 70.3 cm³/mol. The Labute approximate surface area is 111 Å². The second kappa shape index (κ2) is 5.33. The van der Waals surface area contributed by atoms with Gasteiger partial charge in [-0.2, -0.15) is 4.98 Å². The fraction of sp³-hybridized carbons (Fsp3) is 0.100. The van der Waals surface area contributed by atoms with Crippen molar-refractivity contribution in [1.29, 1.82) is 0 Å². The average Bonchev–Trinajstić information content (AvgIpc) is 2.87. The number of amides is 1. The molecule has 0 saturated carbocycles. The number of aromatic amines is 1. The van der Waals surface area contributed by atoms with Crippen LogP contribution in [0.4, 0.5) is 5.95 Å². The van der Waals surface area contributed by atoms with E-state index in [1.165, 1.54) is 15.7 Å². The van der Waals surface area contributed by atoms with Gasteiger partial charge in [0, 0.05) is 5.56 Å². The normalized spacial score (nSPS) is 10.2. The van der Waals surface area contributed by atoms with Gasteiger partial charge in [0.25, 0.3) is 5.91 Å². The number of benzene rings is 1. The van der Waals surface area contributed by atoms with Crippen LogP contribution in [-0.2, 0) is 0 Å². The number of hydrogen-bond donors (Lipinski definition) is 1. The van der Waals surface area contributed by atoms with Gasteiger partial charge in [0.15, 0.2) is 0 Å². The van der Waals surface area contributed by atoms with Crippen LogP contribution in [0.25, 0.3) is 0 Å². The van der Waals surface area contributed by atoms with Crippen LogP contribution in [0.3, 0.4) is 0 Å². The number of aromatic nitrogens is 3. The van der Waals surface area contributed by atoms with Gasteiger partial charge in [0.05, 0.1) is 16.1 Å². The highest BCUT2D eigenvalue weighted by atomic mass is 79.9. The van der Waals surface area contributed by atoms with Crippen LogP contribution in [0, 0.1) is 0 Å². The van der Waals surface area contributed by atoms with Crippen molar-refractivity contribution in [3.05, 3.63) is 35.9 Å². The lowest BCUT2D eigenvalue weighted by molar-refractivity contribution is 0.101. The molecule has 1 heterocycles. The van der Waals surface area contributed by atoms with E-state index in [9.17, 15) is 4.79 Å². The van der Waals surface area contributed by atoms with Gasteiger partial charge in [-0.25, -0.2) is 9.02 Å².